The van der Waals surface area contributed by atoms with Crippen LogP contribution in [0.2, 0.25) is 0 Å². The summed E-state index contributed by atoms with van der Waals surface area (Å²) in [7, 11) is 0. The number of carbonyl (C=O) groups is 3. The minimum Gasteiger partial charge on any atom is -0.481 e. The fourth-order valence-corrected chi connectivity index (χ4v) is 0.903. The van der Waals surface area contributed by atoms with Crippen molar-refractivity contribution in [3.05, 3.63) is 12.7 Å². The lowest BCUT2D eigenvalue weighted by molar-refractivity contribution is -0.165. The molecule has 1 N–H and O–H groups in total. The predicted molar refractivity (Wildman–Crippen MR) is 53.6 cm³/mol. The molecule has 0 saturated carbocycles. The second-order valence-electron chi connectivity index (χ2n) is 2.81. The average Bonchev–Trinajstić information content (AvgIpc) is 2.23. The molecule has 0 fully saturated rings. The van der Waals surface area contributed by atoms with Gasteiger partial charge in [-0.3, -0.25) is 4.79 Å². The molecule has 0 aromatic carbocycles. The minimum atomic E-state index is -1.19. The molecule has 6 heteroatoms. The number of carboxylic acids is 1. The van der Waals surface area contributed by atoms with Crippen molar-refractivity contribution in [3.63, 3.8) is 0 Å². The summed E-state index contributed by atoms with van der Waals surface area (Å²) in [6.07, 6.45) is -0.698. The number of carboxylic acid groups (broad SMARTS) is 1. The molecule has 0 amide bonds. The summed E-state index contributed by atoms with van der Waals surface area (Å²) in [5.41, 5.74) is 0. The lowest BCUT2D eigenvalue weighted by Gasteiger charge is -2.14. The van der Waals surface area contributed by atoms with Gasteiger partial charge in [0.05, 0.1) is 6.61 Å². The molecular weight excluding hydrogens is 216 g/mol. The highest BCUT2D eigenvalue weighted by molar-refractivity contribution is 5.85. The van der Waals surface area contributed by atoms with Gasteiger partial charge in [0, 0.05) is 18.9 Å². The fourth-order valence-electron chi connectivity index (χ4n) is 0.903. The van der Waals surface area contributed by atoms with Crippen LogP contribution >= 0.6 is 0 Å². The number of rotatable bonds is 7. The summed E-state index contributed by atoms with van der Waals surface area (Å²) >= 11 is 0. The van der Waals surface area contributed by atoms with E-state index in [4.69, 9.17) is 5.11 Å². The molecule has 1 atom stereocenters. The van der Waals surface area contributed by atoms with Gasteiger partial charge < -0.3 is 14.6 Å². The standard InChI is InChI=1S/C10H14O6/c1-3-9(13)16-7(5-6-8(11)12)10(14)15-4-2/h3,7H,1,4-6H2,2H3,(H,11,12). The molecule has 1 unspecified atom stereocenters. The van der Waals surface area contributed by atoms with Crippen LogP contribution in [0.25, 0.3) is 0 Å². The van der Waals surface area contributed by atoms with E-state index in [9.17, 15) is 14.4 Å². The molecule has 6 nitrogen and oxygen atoms in total. The molecule has 0 bridgehead atoms. The quantitative estimate of drug-likeness (QED) is 0.506. The number of ether oxygens (including phenoxy) is 2. The van der Waals surface area contributed by atoms with Gasteiger partial charge in [-0.15, -0.1) is 0 Å². The zero-order valence-electron chi connectivity index (χ0n) is 8.97. The molecule has 0 aliphatic carbocycles. The Bertz CT molecular complexity index is 283. The van der Waals surface area contributed by atoms with Crippen LogP contribution in [0.1, 0.15) is 19.8 Å². The highest BCUT2D eigenvalue weighted by Crippen LogP contribution is 2.06. The van der Waals surface area contributed by atoms with Crippen molar-refractivity contribution >= 4 is 17.9 Å². The van der Waals surface area contributed by atoms with Gasteiger partial charge in [0.2, 0.25) is 0 Å². The molecule has 0 aliphatic rings. The lowest BCUT2D eigenvalue weighted by Crippen LogP contribution is -2.29. The highest BCUT2D eigenvalue weighted by atomic mass is 16.6. The lowest BCUT2D eigenvalue weighted by atomic mass is 10.2. The number of hydrogen-bond acceptors (Lipinski definition) is 5. The van der Waals surface area contributed by atoms with Gasteiger partial charge >= 0.3 is 17.9 Å². The summed E-state index contributed by atoms with van der Waals surface area (Å²) < 4.78 is 9.31. The van der Waals surface area contributed by atoms with Crippen LogP contribution in [0, 0.1) is 0 Å². The molecule has 16 heavy (non-hydrogen) atoms. The topological polar surface area (TPSA) is 89.9 Å². The second-order valence-corrected chi connectivity index (χ2v) is 2.81. The van der Waals surface area contributed by atoms with E-state index in [2.05, 4.69) is 16.1 Å². The Labute approximate surface area is 92.8 Å². The molecule has 0 aliphatic heterocycles. The van der Waals surface area contributed by atoms with Crippen LogP contribution < -0.4 is 0 Å². The second kappa shape index (κ2) is 7.44. The van der Waals surface area contributed by atoms with Gasteiger partial charge in [0.25, 0.3) is 0 Å². The highest BCUT2D eigenvalue weighted by Gasteiger charge is 2.24. The average molecular weight is 230 g/mol. The van der Waals surface area contributed by atoms with Gasteiger partial charge in [-0.25, -0.2) is 9.59 Å². The zero-order chi connectivity index (χ0) is 12.6. The molecular formula is C10H14O6. The first-order valence-corrected chi connectivity index (χ1v) is 4.72. The third kappa shape index (κ3) is 5.79. The predicted octanol–water partition coefficient (Wildman–Crippen LogP) is 0.512. The van der Waals surface area contributed by atoms with E-state index in [1.807, 2.05) is 0 Å². The van der Waals surface area contributed by atoms with E-state index in [0.717, 1.165) is 6.08 Å². The summed E-state index contributed by atoms with van der Waals surface area (Å²) in [4.78, 5) is 32.5. The van der Waals surface area contributed by atoms with Crippen molar-refractivity contribution in [3.8, 4) is 0 Å². The summed E-state index contributed by atoms with van der Waals surface area (Å²) in [5, 5.41) is 8.45. The summed E-state index contributed by atoms with van der Waals surface area (Å²) in [5.74, 6) is -2.62. The zero-order valence-corrected chi connectivity index (χ0v) is 8.97. The Balaban J connectivity index is 4.36. The molecule has 0 aromatic heterocycles. The Morgan fingerprint density at radius 3 is 2.50 bits per heavy atom. The van der Waals surface area contributed by atoms with Crippen LogP contribution in [-0.4, -0.2) is 35.7 Å². The largest absolute Gasteiger partial charge is 0.481 e. The molecule has 0 heterocycles. The Hall–Kier alpha value is -1.85. The summed E-state index contributed by atoms with van der Waals surface area (Å²) in [6, 6.07) is 0. The third-order valence-electron chi connectivity index (χ3n) is 1.59. The molecule has 0 radical (unpaired) electrons. The molecule has 0 rings (SSSR count). The van der Waals surface area contributed by atoms with Gasteiger partial charge in [-0.05, 0) is 6.92 Å². The van der Waals surface area contributed by atoms with Gasteiger partial charge in [-0.1, -0.05) is 6.58 Å². The SMILES string of the molecule is C=CC(=O)OC(CCC(=O)O)C(=O)OCC. The molecule has 90 valence electrons. The maximum atomic E-state index is 11.3. The van der Waals surface area contributed by atoms with Crippen molar-refractivity contribution in [2.45, 2.75) is 25.9 Å². The first kappa shape index (κ1) is 14.2. The van der Waals surface area contributed by atoms with E-state index < -0.39 is 24.0 Å². The number of aliphatic carboxylic acids is 1. The van der Waals surface area contributed by atoms with E-state index in [1.165, 1.54) is 0 Å². The maximum Gasteiger partial charge on any atom is 0.347 e. The van der Waals surface area contributed by atoms with Gasteiger partial charge in [-0.2, -0.15) is 0 Å². The Morgan fingerprint density at radius 1 is 1.44 bits per heavy atom. The Kier molecular flexibility index (Phi) is 6.58. The molecule has 0 aromatic rings. The number of hydrogen-bond donors (Lipinski definition) is 1. The van der Waals surface area contributed by atoms with E-state index in [1.54, 1.807) is 6.92 Å². The smallest absolute Gasteiger partial charge is 0.347 e. The van der Waals surface area contributed by atoms with Crippen LogP contribution in [0.3, 0.4) is 0 Å². The van der Waals surface area contributed by atoms with Crippen LogP contribution in [-0.2, 0) is 23.9 Å². The molecule has 0 saturated heterocycles. The Morgan fingerprint density at radius 2 is 2.06 bits per heavy atom. The number of carbonyl (C=O) groups excluding carboxylic acids is 2. The first-order chi connectivity index (χ1) is 7.51. The van der Waals surface area contributed by atoms with Crippen LogP contribution in [0.15, 0.2) is 12.7 Å². The fraction of sp³-hybridized carbons (Fsp3) is 0.500. The number of esters is 2. The van der Waals surface area contributed by atoms with Crippen molar-refractivity contribution < 1.29 is 29.0 Å². The normalized spacial score (nSPS) is 11.3. The third-order valence-corrected chi connectivity index (χ3v) is 1.59. The van der Waals surface area contributed by atoms with Crippen molar-refractivity contribution in [2.75, 3.05) is 6.61 Å². The maximum absolute atomic E-state index is 11.3. The van der Waals surface area contributed by atoms with E-state index in [0.29, 0.717) is 0 Å². The van der Waals surface area contributed by atoms with E-state index >= 15 is 0 Å². The van der Waals surface area contributed by atoms with Gasteiger partial charge in [0.15, 0.2) is 6.10 Å². The van der Waals surface area contributed by atoms with Crippen LogP contribution in [0.4, 0.5) is 0 Å². The first-order valence-electron chi connectivity index (χ1n) is 4.72. The van der Waals surface area contributed by atoms with Crippen molar-refractivity contribution in [1.82, 2.24) is 0 Å². The van der Waals surface area contributed by atoms with Gasteiger partial charge in [0.1, 0.15) is 0 Å². The van der Waals surface area contributed by atoms with Crippen molar-refractivity contribution in [2.24, 2.45) is 0 Å². The molecule has 0 spiro atoms. The monoisotopic (exact) mass is 230 g/mol. The van der Waals surface area contributed by atoms with Crippen molar-refractivity contribution in [1.29, 1.82) is 0 Å². The summed E-state index contributed by atoms with van der Waals surface area (Å²) in [6.45, 7) is 4.90. The minimum absolute atomic E-state index is 0.117. The van der Waals surface area contributed by atoms with Crippen LogP contribution in [0.5, 0.6) is 0 Å². The van der Waals surface area contributed by atoms with E-state index in [-0.39, 0.29) is 19.4 Å².